The van der Waals surface area contributed by atoms with Gasteiger partial charge in [-0.3, -0.25) is 0 Å². The Morgan fingerprint density at radius 3 is 2.11 bits per heavy atom. The van der Waals surface area contributed by atoms with Crippen molar-refractivity contribution in [2.75, 3.05) is 6.61 Å². The molecular formula is C23H42O4. The minimum atomic E-state index is -1.17. The smallest absolute Gasteiger partial charge is 0.450 e. The summed E-state index contributed by atoms with van der Waals surface area (Å²) < 4.78 is 11.6. The third-order valence-corrected chi connectivity index (χ3v) is 8.08. The van der Waals surface area contributed by atoms with Crippen LogP contribution in [-0.4, -0.2) is 30.1 Å². The summed E-state index contributed by atoms with van der Waals surface area (Å²) in [4.78, 5) is 11.3. The SMILES string of the molecule is CC(C)C1(C)CCCC(OCC(OC(=O)O)C2CCCC(C)(C(C)C)C2)C1. The average molecular weight is 383 g/mol. The van der Waals surface area contributed by atoms with Crippen LogP contribution < -0.4 is 0 Å². The average Bonchev–Trinajstić information content (AvgIpc) is 2.58. The minimum absolute atomic E-state index is 0.228. The number of ether oxygens (including phenoxy) is 2. The highest BCUT2D eigenvalue weighted by molar-refractivity contribution is 5.57. The second-order valence-electron chi connectivity index (χ2n) is 10.4. The maximum atomic E-state index is 11.3. The van der Waals surface area contributed by atoms with Crippen molar-refractivity contribution >= 4 is 6.16 Å². The Bertz CT molecular complexity index is 489. The second kappa shape index (κ2) is 9.15. The van der Waals surface area contributed by atoms with Crippen LogP contribution in [0, 0.1) is 28.6 Å². The molecule has 0 radical (unpaired) electrons. The summed E-state index contributed by atoms with van der Waals surface area (Å²) in [6.45, 7) is 14.3. The lowest BCUT2D eigenvalue weighted by Crippen LogP contribution is -2.41. The molecule has 4 nitrogen and oxygen atoms in total. The van der Waals surface area contributed by atoms with Crippen molar-refractivity contribution in [3.05, 3.63) is 0 Å². The number of carboxylic acid groups (broad SMARTS) is 1. The summed E-state index contributed by atoms with van der Waals surface area (Å²) in [5.74, 6) is 1.50. The number of hydrogen-bond donors (Lipinski definition) is 1. The monoisotopic (exact) mass is 382 g/mol. The highest BCUT2D eigenvalue weighted by Crippen LogP contribution is 2.46. The van der Waals surface area contributed by atoms with E-state index in [1.165, 1.54) is 19.3 Å². The van der Waals surface area contributed by atoms with E-state index in [9.17, 15) is 9.90 Å². The van der Waals surface area contributed by atoms with Gasteiger partial charge in [-0.2, -0.15) is 0 Å². The third kappa shape index (κ3) is 5.85. The van der Waals surface area contributed by atoms with Gasteiger partial charge in [0.15, 0.2) is 0 Å². The molecule has 0 aromatic carbocycles. The van der Waals surface area contributed by atoms with E-state index >= 15 is 0 Å². The van der Waals surface area contributed by atoms with Crippen molar-refractivity contribution in [3.8, 4) is 0 Å². The Morgan fingerprint density at radius 2 is 1.56 bits per heavy atom. The summed E-state index contributed by atoms with van der Waals surface area (Å²) >= 11 is 0. The summed E-state index contributed by atoms with van der Waals surface area (Å²) in [6, 6.07) is 0. The van der Waals surface area contributed by atoms with Gasteiger partial charge in [-0.05, 0) is 67.1 Å². The van der Waals surface area contributed by atoms with Crippen molar-refractivity contribution in [3.63, 3.8) is 0 Å². The van der Waals surface area contributed by atoms with Crippen LogP contribution in [0.4, 0.5) is 4.79 Å². The van der Waals surface area contributed by atoms with Gasteiger partial charge in [0.1, 0.15) is 6.10 Å². The maximum Gasteiger partial charge on any atom is 0.506 e. The van der Waals surface area contributed by atoms with Gasteiger partial charge in [-0.1, -0.05) is 54.4 Å². The highest BCUT2D eigenvalue weighted by Gasteiger charge is 2.40. The molecule has 158 valence electrons. The van der Waals surface area contributed by atoms with Crippen LogP contribution in [0.15, 0.2) is 0 Å². The number of carbonyl (C=O) groups is 1. The topological polar surface area (TPSA) is 55.8 Å². The van der Waals surface area contributed by atoms with Crippen LogP contribution in [0.3, 0.4) is 0 Å². The molecular weight excluding hydrogens is 340 g/mol. The third-order valence-electron chi connectivity index (χ3n) is 8.08. The molecule has 5 unspecified atom stereocenters. The predicted octanol–water partition coefficient (Wildman–Crippen LogP) is 6.52. The zero-order chi connectivity index (χ0) is 20.2. The molecule has 2 saturated carbocycles. The van der Waals surface area contributed by atoms with Gasteiger partial charge in [0.2, 0.25) is 0 Å². The molecule has 0 bridgehead atoms. The van der Waals surface area contributed by atoms with E-state index in [0.29, 0.717) is 23.9 Å². The lowest BCUT2D eigenvalue weighted by molar-refractivity contribution is -0.0906. The Balaban J connectivity index is 1.99. The van der Waals surface area contributed by atoms with Crippen LogP contribution in [0.25, 0.3) is 0 Å². The van der Waals surface area contributed by atoms with Gasteiger partial charge in [-0.15, -0.1) is 0 Å². The van der Waals surface area contributed by atoms with Gasteiger partial charge in [-0.25, -0.2) is 4.79 Å². The second-order valence-corrected chi connectivity index (χ2v) is 10.4. The van der Waals surface area contributed by atoms with Crippen molar-refractivity contribution < 1.29 is 19.4 Å². The first kappa shape index (κ1) is 22.5. The van der Waals surface area contributed by atoms with Crippen molar-refractivity contribution in [2.45, 2.75) is 105 Å². The molecule has 2 aliphatic rings. The van der Waals surface area contributed by atoms with Gasteiger partial charge < -0.3 is 14.6 Å². The van der Waals surface area contributed by atoms with E-state index in [4.69, 9.17) is 9.47 Å². The van der Waals surface area contributed by atoms with E-state index in [1.807, 2.05) is 0 Å². The Hall–Kier alpha value is -0.770. The summed E-state index contributed by atoms with van der Waals surface area (Å²) in [5, 5.41) is 9.27. The van der Waals surface area contributed by atoms with Gasteiger partial charge in [0.25, 0.3) is 0 Å². The molecule has 0 saturated heterocycles. The molecule has 0 spiro atoms. The first-order chi connectivity index (χ1) is 12.6. The molecule has 2 rings (SSSR count). The first-order valence-corrected chi connectivity index (χ1v) is 11.1. The van der Waals surface area contributed by atoms with Crippen LogP contribution in [-0.2, 0) is 9.47 Å². The molecule has 0 aliphatic heterocycles. The minimum Gasteiger partial charge on any atom is -0.450 e. The first-order valence-electron chi connectivity index (χ1n) is 11.1. The lowest BCUT2D eigenvalue weighted by Gasteiger charge is -2.44. The van der Waals surface area contributed by atoms with Gasteiger partial charge >= 0.3 is 6.16 Å². The molecule has 0 heterocycles. The summed E-state index contributed by atoms with van der Waals surface area (Å²) in [5.41, 5.74) is 0.594. The van der Waals surface area contributed by atoms with E-state index in [2.05, 4.69) is 41.5 Å². The standard InChI is InChI=1S/C23H42O4/c1-16(2)22(5)11-7-9-18(13-22)20(27-21(24)25)15-26-19-10-8-12-23(6,14-19)17(3)4/h16-20H,7-15H2,1-6H3,(H,24,25). The van der Waals surface area contributed by atoms with Crippen LogP contribution in [0.2, 0.25) is 0 Å². The quantitative estimate of drug-likeness (QED) is 0.509. The molecule has 0 amide bonds. The molecule has 1 N–H and O–H groups in total. The fourth-order valence-corrected chi connectivity index (χ4v) is 5.16. The number of hydrogen-bond acceptors (Lipinski definition) is 3. The normalized spacial score (nSPS) is 36.0. The summed E-state index contributed by atoms with van der Waals surface area (Å²) in [6.07, 6.45) is 7.75. The fourth-order valence-electron chi connectivity index (χ4n) is 5.16. The Kier molecular flexibility index (Phi) is 7.63. The Morgan fingerprint density at radius 1 is 1.00 bits per heavy atom. The molecule has 0 aromatic heterocycles. The van der Waals surface area contributed by atoms with Gasteiger partial charge in [0, 0.05) is 0 Å². The lowest BCUT2D eigenvalue weighted by atomic mass is 9.64. The largest absolute Gasteiger partial charge is 0.506 e. The molecule has 0 aromatic rings. The number of rotatable bonds is 7. The summed E-state index contributed by atoms with van der Waals surface area (Å²) in [7, 11) is 0. The van der Waals surface area contributed by atoms with E-state index in [1.54, 1.807) is 0 Å². The molecule has 4 heteroatoms. The van der Waals surface area contributed by atoms with E-state index in [0.717, 1.165) is 32.1 Å². The molecule has 2 aliphatic carbocycles. The molecule has 5 atom stereocenters. The highest BCUT2D eigenvalue weighted by atomic mass is 16.7. The van der Waals surface area contributed by atoms with Crippen molar-refractivity contribution in [2.24, 2.45) is 28.6 Å². The van der Waals surface area contributed by atoms with Gasteiger partial charge in [0.05, 0.1) is 12.7 Å². The van der Waals surface area contributed by atoms with Crippen LogP contribution in [0.1, 0.15) is 92.9 Å². The van der Waals surface area contributed by atoms with E-state index < -0.39 is 6.16 Å². The molecule has 27 heavy (non-hydrogen) atoms. The van der Waals surface area contributed by atoms with Crippen molar-refractivity contribution in [1.82, 2.24) is 0 Å². The molecule has 2 fully saturated rings. The predicted molar refractivity (Wildman–Crippen MR) is 109 cm³/mol. The van der Waals surface area contributed by atoms with Crippen LogP contribution in [0.5, 0.6) is 0 Å². The zero-order valence-corrected chi connectivity index (χ0v) is 18.4. The van der Waals surface area contributed by atoms with Crippen molar-refractivity contribution in [1.29, 1.82) is 0 Å². The zero-order valence-electron chi connectivity index (χ0n) is 18.4. The Labute approximate surface area is 166 Å². The van der Waals surface area contributed by atoms with E-state index in [-0.39, 0.29) is 23.5 Å². The van der Waals surface area contributed by atoms with Crippen LogP contribution >= 0.6 is 0 Å². The maximum absolute atomic E-state index is 11.3. The fraction of sp³-hybridized carbons (Fsp3) is 0.957.